The summed E-state index contributed by atoms with van der Waals surface area (Å²) in [5.74, 6) is 2.23. The minimum atomic E-state index is 0.754. The highest BCUT2D eigenvalue weighted by molar-refractivity contribution is 7.98. The van der Waals surface area contributed by atoms with Crippen LogP contribution in [0, 0.1) is 5.92 Å². The number of thioether (sulfide) groups is 1. The first kappa shape index (κ1) is 17.3. The van der Waals surface area contributed by atoms with E-state index in [1.54, 1.807) is 0 Å². The van der Waals surface area contributed by atoms with E-state index in [1.807, 2.05) is 11.8 Å². The zero-order valence-electron chi connectivity index (χ0n) is 12.4. The third-order valence-corrected chi connectivity index (χ3v) is 4.16. The fraction of sp³-hybridized carbons (Fsp3) is 1.00. The third kappa shape index (κ3) is 9.96. The molecule has 0 radical (unpaired) electrons. The number of hydrogen-bond donors (Lipinski definition) is 1. The van der Waals surface area contributed by atoms with Crippen LogP contribution >= 0.6 is 11.8 Å². The molecule has 1 N–H and O–H groups in total. The van der Waals surface area contributed by atoms with Gasteiger partial charge in [-0.05, 0) is 43.7 Å². The SMILES string of the molecule is CCCCC(CC)CC(CCSC)NCCC. The zero-order chi connectivity index (χ0) is 12.9. The van der Waals surface area contributed by atoms with E-state index in [1.165, 1.54) is 57.2 Å². The quantitative estimate of drug-likeness (QED) is 0.544. The van der Waals surface area contributed by atoms with Crippen molar-refractivity contribution in [1.82, 2.24) is 5.32 Å². The minimum absolute atomic E-state index is 0.754. The summed E-state index contributed by atoms with van der Waals surface area (Å²) in [6, 6.07) is 0.754. The van der Waals surface area contributed by atoms with Crippen molar-refractivity contribution < 1.29 is 0 Å². The molecule has 0 aliphatic rings. The minimum Gasteiger partial charge on any atom is -0.314 e. The lowest BCUT2D eigenvalue weighted by Gasteiger charge is -2.23. The lowest BCUT2D eigenvalue weighted by atomic mass is 9.91. The molecule has 0 rings (SSSR count). The fourth-order valence-electron chi connectivity index (χ4n) is 2.30. The Morgan fingerprint density at radius 2 is 1.82 bits per heavy atom. The van der Waals surface area contributed by atoms with Crippen molar-refractivity contribution in [1.29, 1.82) is 0 Å². The van der Waals surface area contributed by atoms with Crippen molar-refractivity contribution in [3.8, 4) is 0 Å². The molecule has 0 aliphatic heterocycles. The molecule has 0 bridgehead atoms. The van der Waals surface area contributed by atoms with Crippen molar-refractivity contribution in [2.75, 3.05) is 18.6 Å². The van der Waals surface area contributed by atoms with Gasteiger partial charge in [0, 0.05) is 6.04 Å². The number of hydrogen-bond acceptors (Lipinski definition) is 2. The van der Waals surface area contributed by atoms with Gasteiger partial charge in [-0.15, -0.1) is 0 Å². The Morgan fingerprint density at radius 1 is 1.06 bits per heavy atom. The average Bonchev–Trinajstić information content (AvgIpc) is 2.36. The largest absolute Gasteiger partial charge is 0.314 e. The second-order valence-electron chi connectivity index (χ2n) is 5.08. The van der Waals surface area contributed by atoms with Gasteiger partial charge in [-0.1, -0.05) is 46.5 Å². The molecule has 0 aliphatic carbocycles. The van der Waals surface area contributed by atoms with Gasteiger partial charge in [-0.25, -0.2) is 0 Å². The van der Waals surface area contributed by atoms with Crippen LogP contribution in [0.25, 0.3) is 0 Å². The molecule has 2 atom stereocenters. The molecular formula is C15H33NS. The lowest BCUT2D eigenvalue weighted by Crippen LogP contribution is -2.32. The van der Waals surface area contributed by atoms with E-state index < -0.39 is 0 Å². The van der Waals surface area contributed by atoms with Crippen LogP contribution in [0.15, 0.2) is 0 Å². The molecule has 0 aromatic carbocycles. The standard InChI is InChI=1S/C15H33NS/c1-5-8-9-14(7-3)13-15(10-12-17-4)16-11-6-2/h14-16H,5-13H2,1-4H3. The van der Waals surface area contributed by atoms with Crippen LogP contribution in [0.3, 0.4) is 0 Å². The highest BCUT2D eigenvalue weighted by Gasteiger charge is 2.14. The summed E-state index contributed by atoms with van der Waals surface area (Å²) in [5.41, 5.74) is 0. The predicted octanol–water partition coefficient (Wildman–Crippen LogP) is 4.71. The molecule has 17 heavy (non-hydrogen) atoms. The van der Waals surface area contributed by atoms with Crippen LogP contribution in [0.4, 0.5) is 0 Å². The Hall–Kier alpha value is 0.310. The summed E-state index contributed by atoms with van der Waals surface area (Å²) >= 11 is 1.98. The summed E-state index contributed by atoms with van der Waals surface area (Å²) in [7, 11) is 0. The van der Waals surface area contributed by atoms with Crippen LogP contribution in [-0.4, -0.2) is 24.6 Å². The Kier molecular flexibility index (Phi) is 13.0. The molecule has 104 valence electrons. The monoisotopic (exact) mass is 259 g/mol. The summed E-state index contributed by atoms with van der Waals surface area (Å²) < 4.78 is 0. The van der Waals surface area contributed by atoms with E-state index in [0.717, 1.165) is 12.0 Å². The van der Waals surface area contributed by atoms with Crippen LogP contribution < -0.4 is 5.32 Å². The second-order valence-corrected chi connectivity index (χ2v) is 6.07. The molecule has 0 fully saturated rings. The van der Waals surface area contributed by atoms with Gasteiger partial charge in [-0.2, -0.15) is 11.8 Å². The summed E-state index contributed by atoms with van der Waals surface area (Å²) in [4.78, 5) is 0. The maximum absolute atomic E-state index is 3.73. The molecule has 1 nitrogen and oxygen atoms in total. The molecule has 0 amide bonds. The first-order valence-corrected chi connectivity index (χ1v) is 8.90. The molecule has 2 heteroatoms. The van der Waals surface area contributed by atoms with Crippen LogP contribution in [0.5, 0.6) is 0 Å². The van der Waals surface area contributed by atoms with Gasteiger partial charge in [0.1, 0.15) is 0 Å². The molecule has 0 saturated carbocycles. The van der Waals surface area contributed by atoms with E-state index in [9.17, 15) is 0 Å². The Bertz CT molecular complexity index is 142. The Labute approximate surface area is 114 Å². The van der Waals surface area contributed by atoms with E-state index >= 15 is 0 Å². The van der Waals surface area contributed by atoms with Gasteiger partial charge in [0.15, 0.2) is 0 Å². The maximum Gasteiger partial charge on any atom is 0.00775 e. The van der Waals surface area contributed by atoms with Crippen LogP contribution in [-0.2, 0) is 0 Å². The number of nitrogens with one attached hydrogen (secondary N) is 1. The number of unbranched alkanes of at least 4 members (excludes halogenated alkanes) is 1. The molecule has 2 unspecified atom stereocenters. The van der Waals surface area contributed by atoms with Crippen molar-refractivity contribution in [3.05, 3.63) is 0 Å². The highest BCUT2D eigenvalue weighted by atomic mass is 32.2. The molecule has 0 aromatic heterocycles. The summed E-state index contributed by atoms with van der Waals surface area (Å²) in [6.45, 7) is 8.09. The normalized spacial score (nSPS) is 14.8. The highest BCUT2D eigenvalue weighted by Crippen LogP contribution is 2.20. The van der Waals surface area contributed by atoms with Gasteiger partial charge in [0.25, 0.3) is 0 Å². The lowest BCUT2D eigenvalue weighted by molar-refractivity contribution is 0.344. The average molecular weight is 260 g/mol. The van der Waals surface area contributed by atoms with Gasteiger partial charge < -0.3 is 5.32 Å². The Morgan fingerprint density at radius 3 is 2.35 bits per heavy atom. The Balaban J connectivity index is 3.97. The fourth-order valence-corrected chi connectivity index (χ4v) is 2.82. The van der Waals surface area contributed by atoms with E-state index in [4.69, 9.17) is 0 Å². The van der Waals surface area contributed by atoms with Crippen molar-refractivity contribution in [2.24, 2.45) is 5.92 Å². The van der Waals surface area contributed by atoms with Gasteiger partial charge in [-0.3, -0.25) is 0 Å². The van der Waals surface area contributed by atoms with Gasteiger partial charge in [0.05, 0.1) is 0 Å². The summed E-state index contributed by atoms with van der Waals surface area (Å²) in [5, 5.41) is 3.73. The topological polar surface area (TPSA) is 12.0 Å². The molecule has 0 heterocycles. The number of rotatable bonds is 12. The second kappa shape index (κ2) is 12.8. The molecular weight excluding hydrogens is 226 g/mol. The van der Waals surface area contributed by atoms with Crippen molar-refractivity contribution >= 4 is 11.8 Å². The molecule has 0 aromatic rings. The molecule has 0 spiro atoms. The van der Waals surface area contributed by atoms with E-state index in [2.05, 4.69) is 32.3 Å². The van der Waals surface area contributed by atoms with E-state index in [-0.39, 0.29) is 0 Å². The predicted molar refractivity (Wildman–Crippen MR) is 83.0 cm³/mol. The van der Waals surface area contributed by atoms with Gasteiger partial charge in [0.2, 0.25) is 0 Å². The van der Waals surface area contributed by atoms with E-state index in [0.29, 0.717) is 0 Å². The first-order chi connectivity index (χ1) is 8.28. The first-order valence-electron chi connectivity index (χ1n) is 7.50. The van der Waals surface area contributed by atoms with Crippen LogP contribution in [0.1, 0.15) is 65.7 Å². The van der Waals surface area contributed by atoms with Crippen molar-refractivity contribution in [3.63, 3.8) is 0 Å². The summed E-state index contributed by atoms with van der Waals surface area (Å²) in [6.07, 6.45) is 11.7. The van der Waals surface area contributed by atoms with Crippen LogP contribution in [0.2, 0.25) is 0 Å². The van der Waals surface area contributed by atoms with Crippen molar-refractivity contribution in [2.45, 2.75) is 71.8 Å². The van der Waals surface area contributed by atoms with Gasteiger partial charge >= 0.3 is 0 Å². The maximum atomic E-state index is 3.73. The third-order valence-electron chi connectivity index (χ3n) is 3.51. The zero-order valence-corrected chi connectivity index (χ0v) is 13.2. The smallest absolute Gasteiger partial charge is 0.00775 e. The molecule has 0 saturated heterocycles.